The van der Waals surface area contributed by atoms with E-state index < -0.39 is 5.91 Å². The van der Waals surface area contributed by atoms with E-state index in [1.807, 2.05) is 12.1 Å². The number of nitrogens with zero attached hydrogens (tertiary/aromatic N) is 4. The number of amides is 2. The van der Waals surface area contributed by atoms with Crippen LogP contribution in [0, 0.1) is 0 Å². The molecule has 8 heteroatoms. The number of nitrogens with one attached hydrogen (secondary N) is 1. The summed E-state index contributed by atoms with van der Waals surface area (Å²) in [7, 11) is 0. The fourth-order valence-corrected chi connectivity index (χ4v) is 3.19. The highest BCUT2D eigenvalue weighted by atomic mass is 16.2. The molecular weight excluding hydrogens is 344 g/mol. The minimum absolute atomic E-state index is 0.0382. The van der Waals surface area contributed by atoms with Gasteiger partial charge in [-0.25, -0.2) is 0 Å². The van der Waals surface area contributed by atoms with E-state index in [4.69, 9.17) is 5.73 Å². The molecular formula is C19H18N6O2. The van der Waals surface area contributed by atoms with Crippen molar-refractivity contribution in [1.82, 2.24) is 20.2 Å². The van der Waals surface area contributed by atoms with Gasteiger partial charge in [0, 0.05) is 16.8 Å². The Morgan fingerprint density at radius 1 is 1.07 bits per heavy atom. The number of nitrogens with two attached hydrogens (primary N) is 1. The molecule has 2 amide bonds. The molecule has 27 heavy (non-hydrogen) atoms. The fraction of sp³-hybridized carbons (Fsp3) is 0.211. The minimum Gasteiger partial charge on any atom is -0.366 e. The van der Waals surface area contributed by atoms with E-state index in [9.17, 15) is 9.59 Å². The molecule has 0 bridgehead atoms. The van der Waals surface area contributed by atoms with E-state index >= 15 is 0 Å². The standard InChI is InChI=1S/C19H18N6O2/c20-18(27)13-4-6-14(7-5-13)19-22-24-25(23-19)11-17(26)21-16-9-8-12-2-1-3-15(12)10-16/h4-10H,1-3,11H2,(H2,20,27)(H,21,26). The third-order valence-corrected chi connectivity index (χ3v) is 4.55. The molecule has 0 saturated heterocycles. The summed E-state index contributed by atoms with van der Waals surface area (Å²) in [4.78, 5) is 24.6. The van der Waals surface area contributed by atoms with Crippen molar-refractivity contribution in [1.29, 1.82) is 0 Å². The van der Waals surface area contributed by atoms with E-state index in [1.54, 1.807) is 24.3 Å². The molecule has 0 fully saturated rings. The highest BCUT2D eigenvalue weighted by molar-refractivity contribution is 5.93. The molecule has 0 spiro atoms. The number of hydrogen-bond acceptors (Lipinski definition) is 5. The number of carbonyl (C=O) groups excluding carboxylic acids is 2. The van der Waals surface area contributed by atoms with Crippen LogP contribution in [-0.2, 0) is 24.2 Å². The van der Waals surface area contributed by atoms with Crippen molar-refractivity contribution in [2.24, 2.45) is 5.73 Å². The van der Waals surface area contributed by atoms with Crippen molar-refractivity contribution in [2.45, 2.75) is 25.8 Å². The molecule has 0 radical (unpaired) electrons. The average molecular weight is 362 g/mol. The fourth-order valence-electron chi connectivity index (χ4n) is 3.19. The SMILES string of the molecule is NC(=O)c1ccc(-c2nnn(CC(=O)Nc3ccc4c(c3)CCC4)n2)cc1. The van der Waals surface area contributed by atoms with E-state index in [1.165, 1.54) is 22.3 Å². The Labute approximate surface area is 155 Å². The van der Waals surface area contributed by atoms with Crippen molar-refractivity contribution < 1.29 is 9.59 Å². The molecule has 1 aliphatic carbocycles. The zero-order chi connectivity index (χ0) is 18.8. The molecule has 1 aromatic heterocycles. The Balaban J connectivity index is 1.41. The summed E-state index contributed by atoms with van der Waals surface area (Å²) in [6.45, 7) is -0.0382. The van der Waals surface area contributed by atoms with Crippen LogP contribution >= 0.6 is 0 Å². The minimum atomic E-state index is -0.499. The van der Waals surface area contributed by atoms with Crippen LogP contribution in [0.4, 0.5) is 5.69 Å². The maximum absolute atomic E-state index is 12.3. The number of rotatable bonds is 5. The maximum Gasteiger partial charge on any atom is 0.248 e. The second-order valence-corrected chi connectivity index (χ2v) is 6.47. The van der Waals surface area contributed by atoms with Gasteiger partial charge in [0.2, 0.25) is 17.6 Å². The molecule has 1 aliphatic rings. The van der Waals surface area contributed by atoms with Gasteiger partial charge in [0.25, 0.3) is 0 Å². The molecule has 0 atom stereocenters. The van der Waals surface area contributed by atoms with E-state index in [-0.39, 0.29) is 12.5 Å². The van der Waals surface area contributed by atoms with Gasteiger partial charge in [-0.2, -0.15) is 4.80 Å². The Hall–Kier alpha value is -3.55. The van der Waals surface area contributed by atoms with Crippen LogP contribution in [0.3, 0.4) is 0 Å². The van der Waals surface area contributed by atoms with Gasteiger partial charge in [-0.3, -0.25) is 9.59 Å². The Morgan fingerprint density at radius 3 is 2.63 bits per heavy atom. The molecule has 8 nitrogen and oxygen atoms in total. The van der Waals surface area contributed by atoms with Gasteiger partial charge in [0.05, 0.1) is 0 Å². The molecule has 0 unspecified atom stereocenters. The Bertz CT molecular complexity index is 1010. The molecule has 2 aromatic carbocycles. The normalized spacial score (nSPS) is 12.6. The molecule has 1 heterocycles. The summed E-state index contributed by atoms with van der Waals surface area (Å²) >= 11 is 0. The maximum atomic E-state index is 12.3. The van der Waals surface area contributed by atoms with Gasteiger partial charge in [0.1, 0.15) is 6.54 Å². The predicted octanol–water partition coefficient (Wildman–Crippen LogP) is 1.57. The van der Waals surface area contributed by atoms with Crippen molar-refractivity contribution in [3.05, 3.63) is 59.2 Å². The summed E-state index contributed by atoms with van der Waals surface area (Å²) in [6, 6.07) is 12.6. The van der Waals surface area contributed by atoms with Gasteiger partial charge in [0.15, 0.2) is 0 Å². The van der Waals surface area contributed by atoms with Crippen molar-refractivity contribution >= 4 is 17.5 Å². The third kappa shape index (κ3) is 3.69. The van der Waals surface area contributed by atoms with E-state index in [0.29, 0.717) is 17.0 Å². The molecule has 0 aliphatic heterocycles. The van der Waals surface area contributed by atoms with Gasteiger partial charge >= 0.3 is 0 Å². The largest absolute Gasteiger partial charge is 0.366 e. The highest BCUT2D eigenvalue weighted by Gasteiger charge is 2.13. The van der Waals surface area contributed by atoms with Crippen LogP contribution in [-0.4, -0.2) is 32.0 Å². The number of primary amides is 1. The number of anilines is 1. The molecule has 0 saturated carbocycles. The lowest BCUT2D eigenvalue weighted by Crippen LogP contribution is -2.20. The first-order valence-electron chi connectivity index (χ1n) is 8.68. The van der Waals surface area contributed by atoms with Crippen LogP contribution in [0.2, 0.25) is 0 Å². The lowest BCUT2D eigenvalue weighted by molar-refractivity contribution is -0.117. The summed E-state index contributed by atoms with van der Waals surface area (Å²) in [5.74, 6) is -0.348. The molecule has 136 valence electrons. The number of fused-ring (bicyclic) bond motifs is 1. The molecule has 3 N–H and O–H groups in total. The van der Waals surface area contributed by atoms with Gasteiger partial charge in [-0.15, -0.1) is 10.2 Å². The number of tetrazole rings is 1. The lowest BCUT2D eigenvalue weighted by Gasteiger charge is -2.06. The summed E-state index contributed by atoms with van der Waals surface area (Å²) in [5, 5.41) is 14.9. The topological polar surface area (TPSA) is 116 Å². The first-order valence-corrected chi connectivity index (χ1v) is 8.68. The highest BCUT2D eigenvalue weighted by Crippen LogP contribution is 2.24. The van der Waals surface area contributed by atoms with Crippen molar-refractivity contribution in [2.75, 3.05) is 5.32 Å². The van der Waals surface area contributed by atoms with Crippen LogP contribution in [0.25, 0.3) is 11.4 Å². The van der Waals surface area contributed by atoms with Crippen LogP contribution in [0.15, 0.2) is 42.5 Å². The summed E-state index contributed by atoms with van der Waals surface area (Å²) in [6.07, 6.45) is 3.33. The second-order valence-electron chi connectivity index (χ2n) is 6.47. The Kier molecular flexibility index (Phi) is 4.37. The zero-order valence-corrected chi connectivity index (χ0v) is 14.6. The van der Waals surface area contributed by atoms with Crippen LogP contribution in [0.1, 0.15) is 27.9 Å². The number of aromatic nitrogens is 4. The number of hydrogen-bond donors (Lipinski definition) is 2. The first-order chi connectivity index (χ1) is 13.1. The monoisotopic (exact) mass is 362 g/mol. The zero-order valence-electron chi connectivity index (χ0n) is 14.6. The van der Waals surface area contributed by atoms with Crippen LogP contribution < -0.4 is 11.1 Å². The van der Waals surface area contributed by atoms with Gasteiger partial charge in [-0.1, -0.05) is 18.2 Å². The third-order valence-electron chi connectivity index (χ3n) is 4.55. The number of aryl methyl sites for hydroxylation is 2. The summed E-state index contributed by atoms with van der Waals surface area (Å²) in [5.41, 5.74) is 9.75. The number of carbonyl (C=O) groups is 2. The smallest absolute Gasteiger partial charge is 0.248 e. The first kappa shape index (κ1) is 16.9. The average Bonchev–Trinajstić information content (AvgIpc) is 3.30. The summed E-state index contributed by atoms with van der Waals surface area (Å²) < 4.78 is 0. The van der Waals surface area contributed by atoms with Crippen molar-refractivity contribution in [3.8, 4) is 11.4 Å². The van der Waals surface area contributed by atoms with Crippen molar-refractivity contribution in [3.63, 3.8) is 0 Å². The Morgan fingerprint density at radius 2 is 1.85 bits per heavy atom. The lowest BCUT2D eigenvalue weighted by atomic mass is 10.1. The van der Waals surface area contributed by atoms with Crippen LogP contribution in [0.5, 0.6) is 0 Å². The molecule has 3 aromatic rings. The quantitative estimate of drug-likeness (QED) is 0.715. The number of benzene rings is 2. The van der Waals surface area contributed by atoms with E-state index in [2.05, 4.69) is 26.8 Å². The van der Waals surface area contributed by atoms with E-state index in [0.717, 1.165) is 18.5 Å². The second kappa shape index (κ2) is 6.99. The molecule has 4 rings (SSSR count). The van der Waals surface area contributed by atoms with Gasteiger partial charge in [-0.05, 0) is 59.9 Å². The van der Waals surface area contributed by atoms with Gasteiger partial charge < -0.3 is 11.1 Å². The predicted molar refractivity (Wildman–Crippen MR) is 98.9 cm³/mol.